The molecule has 0 radical (unpaired) electrons. The number of hydrogen-bond donors (Lipinski definition) is 3. The Balaban J connectivity index is 0.000000435. The van der Waals surface area contributed by atoms with Gasteiger partial charge >= 0.3 is 0 Å². The summed E-state index contributed by atoms with van der Waals surface area (Å²) in [5.41, 5.74) is -1.80. The molecule has 0 aromatic rings. The van der Waals surface area contributed by atoms with E-state index < -0.39 is 37.2 Å². The van der Waals surface area contributed by atoms with Crippen LogP contribution in [0.5, 0.6) is 0 Å². The third-order valence-electron chi connectivity index (χ3n) is 9.10. The van der Waals surface area contributed by atoms with Gasteiger partial charge in [-0.05, 0) is 72.5 Å². The smallest absolute Gasteiger partial charge is 0.192 e. The molecule has 0 amide bonds. The summed E-state index contributed by atoms with van der Waals surface area (Å²) in [7, 11) is -1.86. The fraction of sp³-hybridized carbons (Fsp3) is 0.875. The van der Waals surface area contributed by atoms with Crippen molar-refractivity contribution in [2.75, 3.05) is 13.2 Å². The minimum atomic E-state index is -1.86. The molecule has 0 unspecified atom stereocenters. The van der Waals surface area contributed by atoms with Crippen LogP contribution in [-0.2, 0) is 23.4 Å². The average Bonchev–Trinajstić information content (AvgIpc) is 3.30. The first-order valence-electron chi connectivity index (χ1n) is 15.0. The Morgan fingerprint density at radius 2 is 1.15 bits per heavy atom. The van der Waals surface area contributed by atoms with E-state index in [4.69, 9.17) is 23.4 Å². The second-order valence-corrected chi connectivity index (χ2v) is 19.6. The number of ether oxygens (including phenoxy) is 4. The van der Waals surface area contributed by atoms with Crippen molar-refractivity contribution in [3.05, 3.63) is 25.3 Å². The molecule has 2 saturated heterocycles. The second kappa shape index (κ2) is 14.0. The first-order valence-corrected chi connectivity index (χ1v) is 17.9. The van der Waals surface area contributed by atoms with Gasteiger partial charge in [-0.3, -0.25) is 0 Å². The minimum absolute atomic E-state index is 0.0923. The van der Waals surface area contributed by atoms with Crippen molar-refractivity contribution in [3.8, 4) is 0 Å². The van der Waals surface area contributed by atoms with E-state index in [0.717, 1.165) is 0 Å². The van der Waals surface area contributed by atoms with Gasteiger partial charge < -0.3 is 38.7 Å². The highest BCUT2D eigenvalue weighted by Gasteiger charge is 2.50. The average molecular weight is 603 g/mol. The Morgan fingerprint density at radius 3 is 1.49 bits per heavy atom. The van der Waals surface area contributed by atoms with Crippen LogP contribution in [0.3, 0.4) is 0 Å². The molecule has 2 aliphatic rings. The topological polar surface area (TPSA) is 107 Å². The highest BCUT2D eigenvalue weighted by molar-refractivity contribution is 6.74. The lowest BCUT2D eigenvalue weighted by Crippen LogP contribution is -2.48. The predicted octanol–water partition coefficient (Wildman–Crippen LogP) is 5.95. The van der Waals surface area contributed by atoms with E-state index in [1.807, 2.05) is 48.5 Å². The maximum Gasteiger partial charge on any atom is 0.192 e. The summed E-state index contributed by atoms with van der Waals surface area (Å²) in [5, 5.41) is 30.5. The van der Waals surface area contributed by atoms with Crippen LogP contribution in [0.4, 0.5) is 0 Å². The molecule has 41 heavy (non-hydrogen) atoms. The van der Waals surface area contributed by atoms with Gasteiger partial charge in [-0.25, -0.2) is 0 Å². The summed E-state index contributed by atoms with van der Waals surface area (Å²) in [6, 6.07) is 0. The molecular formula is C32H62O8Si. The Bertz CT molecular complexity index is 845. The summed E-state index contributed by atoms with van der Waals surface area (Å²) < 4.78 is 29.9. The standard InChI is InChI=1S/C19H38O4Si.C13H24O4/c1-11-12-19(8,20)14(2)16-15(22-18(6,7)23-16)13-21-24(9,10)17(3,4)5;1-6-7-13(5,15)9(2)11-10(8-14)16-12(3,4)17-11/h11,14-16,20H,1,12-13H2,2-10H3;6,9-11,14-15H,1,7-8H2,2-5H3/t14-,15+,16-,19+;9-,10+,11-,13+/m11/s1. The van der Waals surface area contributed by atoms with E-state index >= 15 is 0 Å². The van der Waals surface area contributed by atoms with Gasteiger partial charge in [0, 0.05) is 11.8 Å². The van der Waals surface area contributed by atoms with Gasteiger partial charge in [0.15, 0.2) is 19.9 Å². The van der Waals surface area contributed by atoms with Crippen molar-refractivity contribution in [1.82, 2.24) is 0 Å². The van der Waals surface area contributed by atoms with Crippen molar-refractivity contribution >= 4 is 8.32 Å². The largest absolute Gasteiger partial charge is 0.414 e. The maximum absolute atomic E-state index is 10.7. The SMILES string of the molecule is C=CC[C@](C)(O)[C@H](C)[C@H]1OC(C)(C)O[C@H]1CO.C=CC[C@](C)(O)[C@H](C)[C@H]1OC(C)(C)O[C@H]1CO[Si](C)(C)C(C)(C)C. The molecule has 0 saturated carbocycles. The van der Waals surface area contributed by atoms with Crippen molar-refractivity contribution in [1.29, 1.82) is 0 Å². The Hall–Kier alpha value is -0.623. The molecule has 2 aliphatic heterocycles. The predicted molar refractivity (Wildman–Crippen MR) is 167 cm³/mol. The van der Waals surface area contributed by atoms with Crippen molar-refractivity contribution in [2.24, 2.45) is 11.8 Å². The number of hydrogen-bond acceptors (Lipinski definition) is 8. The molecule has 0 aliphatic carbocycles. The zero-order valence-electron chi connectivity index (χ0n) is 28.2. The van der Waals surface area contributed by atoms with Crippen molar-refractivity contribution < 1.29 is 38.7 Å². The second-order valence-electron chi connectivity index (χ2n) is 14.8. The Labute approximate surface area is 251 Å². The van der Waals surface area contributed by atoms with Crippen LogP contribution in [0.2, 0.25) is 18.1 Å². The van der Waals surface area contributed by atoms with E-state index in [9.17, 15) is 15.3 Å². The molecule has 2 heterocycles. The van der Waals surface area contributed by atoms with Crippen molar-refractivity contribution in [2.45, 2.75) is 154 Å². The summed E-state index contributed by atoms with van der Waals surface area (Å²) in [6.45, 7) is 33.9. The van der Waals surface area contributed by atoms with Crippen LogP contribution in [0.25, 0.3) is 0 Å². The molecule has 2 fully saturated rings. The summed E-state index contributed by atoms with van der Waals surface area (Å²) in [4.78, 5) is 0. The van der Waals surface area contributed by atoms with Crippen molar-refractivity contribution in [3.63, 3.8) is 0 Å². The molecular weight excluding hydrogens is 540 g/mol. The minimum Gasteiger partial charge on any atom is -0.414 e. The number of rotatable bonds is 12. The van der Waals surface area contributed by atoms with Gasteiger partial charge in [-0.15, -0.1) is 13.2 Å². The molecule has 3 N–H and O–H groups in total. The number of aliphatic hydroxyl groups excluding tert-OH is 1. The molecule has 0 bridgehead atoms. The van der Waals surface area contributed by atoms with Crippen LogP contribution in [0.1, 0.15) is 89.0 Å². The zero-order valence-corrected chi connectivity index (χ0v) is 29.2. The van der Waals surface area contributed by atoms with Crippen LogP contribution < -0.4 is 0 Å². The van der Waals surface area contributed by atoms with Gasteiger partial charge in [-0.2, -0.15) is 0 Å². The van der Waals surface area contributed by atoms with Crippen LogP contribution in [0.15, 0.2) is 25.3 Å². The highest BCUT2D eigenvalue weighted by atomic mass is 28.4. The summed E-state index contributed by atoms with van der Waals surface area (Å²) in [5.74, 6) is -1.62. The lowest BCUT2D eigenvalue weighted by molar-refractivity contribution is -0.160. The molecule has 242 valence electrons. The van der Waals surface area contributed by atoms with Gasteiger partial charge in [-0.1, -0.05) is 46.8 Å². The quantitative estimate of drug-likeness (QED) is 0.186. The van der Waals surface area contributed by atoms with E-state index in [1.165, 1.54) is 0 Å². The van der Waals surface area contributed by atoms with Crippen LogP contribution >= 0.6 is 0 Å². The normalized spacial score (nSPS) is 30.3. The first-order chi connectivity index (χ1) is 18.4. The lowest BCUT2D eigenvalue weighted by atomic mass is 9.82. The third-order valence-corrected chi connectivity index (χ3v) is 13.6. The monoisotopic (exact) mass is 602 g/mol. The Kier molecular flexibility index (Phi) is 13.1. The molecule has 9 heteroatoms. The van der Waals surface area contributed by atoms with Gasteiger partial charge in [0.1, 0.15) is 12.2 Å². The van der Waals surface area contributed by atoms with E-state index in [2.05, 4.69) is 47.0 Å². The van der Waals surface area contributed by atoms with Crippen LogP contribution in [-0.4, -0.2) is 84.0 Å². The maximum atomic E-state index is 10.7. The van der Waals surface area contributed by atoms with E-state index in [1.54, 1.807) is 19.1 Å². The van der Waals surface area contributed by atoms with Gasteiger partial charge in [0.05, 0.1) is 36.6 Å². The molecule has 8 atom stereocenters. The zero-order chi connectivity index (χ0) is 32.2. The van der Waals surface area contributed by atoms with Crippen LogP contribution in [0, 0.1) is 11.8 Å². The van der Waals surface area contributed by atoms with E-state index in [-0.39, 0.29) is 41.8 Å². The van der Waals surface area contributed by atoms with Gasteiger partial charge in [0.25, 0.3) is 0 Å². The molecule has 0 aromatic heterocycles. The third kappa shape index (κ3) is 10.5. The first kappa shape index (κ1) is 38.4. The summed E-state index contributed by atoms with van der Waals surface area (Å²) >= 11 is 0. The molecule has 2 rings (SSSR count). The summed E-state index contributed by atoms with van der Waals surface area (Å²) in [6.07, 6.45) is 3.34. The Morgan fingerprint density at radius 1 is 0.780 bits per heavy atom. The fourth-order valence-corrected chi connectivity index (χ4v) is 6.03. The van der Waals surface area contributed by atoms with E-state index in [0.29, 0.717) is 19.4 Å². The lowest BCUT2D eigenvalue weighted by Gasteiger charge is -2.38. The molecule has 8 nitrogen and oxygen atoms in total. The van der Waals surface area contributed by atoms with Gasteiger partial charge in [0.2, 0.25) is 0 Å². The fourth-order valence-electron chi connectivity index (χ4n) is 5.02. The highest BCUT2D eigenvalue weighted by Crippen LogP contribution is 2.41. The molecule has 0 aromatic carbocycles. The molecule has 0 spiro atoms. The number of aliphatic hydroxyl groups is 3.